The minimum Gasteiger partial charge on any atom is -0.497 e. The Labute approximate surface area is 124 Å². The zero-order valence-electron chi connectivity index (χ0n) is 12.2. The first kappa shape index (κ1) is 13.8. The van der Waals surface area contributed by atoms with Crippen molar-refractivity contribution in [3.05, 3.63) is 23.2 Å². The van der Waals surface area contributed by atoms with Gasteiger partial charge in [-0.25, -0.2) is 4.98 Å². The smallest absolute Gasteiger partial charge is 0.120 e. The summed E-state index contributed by atoms with van der Waals surface area (Å²) < 4.78 is 6.55. The minimum atomic E-state index is 0.240. The molecule has 0 radical (unpaired) electrons. The van der Waals surface area contributed by atoms with E-state index in [0.29, 0.717) is 0 Å². The molecule has 2 heterocycles. The highest BCUT2D eigenvalue weighted by molar-refractivity contribution is 7.18. The van der Waals surface area contributed by atoms with E-state index in [4.69, 9.17) is 9.72 Å². The van der Waals surface area contributed by atoms with E-state index in [-0.39, 0.29) is 5.41 Å². The lowest BCUT2D eigenvalue weighted by Crippen LogP contribution is -2.43. The summed E-state index contributed by atoms with van der Waals surface area (Å²) in [5.41, 5.74) is 1.34. The van der Waals surface area contributed by atoms with Crippen LogP contribution in [0.2, 0.25) is 0 Å². The molecule has 1 aromatic heterocycles. The Hall–Kier alpha value is -1.13. The summed E-state index contributed by atoms with van der Waals surface area (Å²) in [6.45, 7) is 4.48. The largest absolute Gasteiger partial charge is 0.497 e. The van der Waals surface area contributed by atoms with Crippen molar-refractivity contribution in [3.63, 3.8) is 0 Å². The Balaban J connectivity index is 2.02. The molecule has 108 valence electrons. The van der Waals surface area contributed by atoms with Crippen molar-refractivity contribution in [1.29, 1.82) is 0 Å². The molecule has 20 heavy (non-hydrogen) atoms. The molecule has 1 atom stereocenters. The maximum atomic E-state index is 5.32. The summed E-state index contributed by atoms with van der Waals surface area (Å²) in [5.74, 6) is 0.916. The lowest BCUT2D eigenvalue weighted by molar-refractivity contribution is 0.290. The van der Waals surface area contributed by atoms with Crippen molar-refractivity contribution in [1.82, 2.24) is 10.3 Å². The number of rotatable bonds is 4. The number of thiazole rings is 1. The van der Waals surface area contributed by atoms with E-state index in [2.05, 4.69) is 24.4 Å². The van der Waals surface area contributed by atoms with Crippen LogP contribution >= 0.6 is 11.3 Å². The van der Waals surface area contributed by atoms with Gasteiger partial charge in [0, 0.05) is 12.0 Å². The Bertz CT molecular complexity index is 582. The number of ether oxygens (including phenoxy) is 1. The van der Waals surface area contributed by atoms with Crippen LogP contribution in [0.3, 0.4) is 0 Å². The Morgan fingerprint density at radius 1 is 1.45 bits per heavy atom. The predicted octanol–water partition coefficient (Wildman–Crippen LogP) is 3.73. The number of methoxy groups -OCH3 is 1. The second kappa shape index (κ2) is 5.70. The van der Waals surface area contributed by atoms with Crippen molar-refractivity contribution in [2.24, 2.45) is 0 Å². The van der Waals surface area contributed by atoms with Gasteiger partial charge < -0.3 is 10.1 Å². The van der Waals surface area contributed by atoms with E-state index in [1.165, 1.54) is 35.4 Å². The number of nitrogens with zero attached hydrogens (tertiary/aromatic N) is 1. The van der Waals surface area contributed by atoms with Gasteiger partial charge in [-0.3, -0.25) is 0 Å². The van der Waals surface area contributed by atoms with Gasteiger partial charge >= 0.3 is 0 Å². The van der Waals surface area contributed by atoms with Crippen LogP contribution in [0, 0.1) is 0 Å². The monoisotopic (exact) mass is 290 g/mol. The van der Waals surface area contributed by atoms with Crippen LogP contribution in [0.4, 0.5) is 0 Å². The third-order valence-electron chi connectivity index (χ3n) is 4.25. The van der Waals surface area contributed by atoms with E-state index >= 15 is 0 Å². The van der Waals surface area contributed by atoms with E-state index in [9.17, 15) is 0 Å². The topological polar surface area (TPSA) is 34.1 Å². The van der Waals surface area contributed by atoms with Gasteiger partial charge in [-0.2, -0.15) is 0 Å². The van der Waals surface area contributed by atoms with Crippen LogP contribution in [0.25, 0.3) is 10.2 Å². The minimum absolute atomic E-state index is 0.240. The van der Waals surface area contributed by atoms with Gasteiger partial charge in [-0.15, -0.1) is 11.3 Å². The average molecular weight is 290 g/mol. The number of hydrogen-bond acceptors (Lipinski definition) is 4. The van der Waals surface area contributed by atoms with Crippen LogP contribution in [0.1, 0.15) is 37.6 Å². The molecule has 3 rings (SSSR count). The molecule has 0 amide bonds. The molecule has 0 aliphatic carbocycles. The van der Waals surface area contributed by atoms with Gasteiger partial charge in [0.1, 0.15) is 10.8 Å². The van der Waals surface area contributed by atoms with Gasteiger partial charge in [0.05, 0.1) is 17.3 Å². The average Bonchev–Trinajstić information content (AvgIpc) is 2.92. The molecule has 1 unspecified atom stereocenters. The fraction of sp³-hybridized carbons (Fsp3) is 0.562. The molecule has 0 bridgehead atoms. The summed E-state index contributed by atoms with van der Waals surface area (Å²) in [4.78, 5) is 4.93. The fourth-order valence-corrected chi connectivity index (χ4v) is 4.45. The van der Waals surface area contributed by atoms with E-state index < -0.39 is 0 Å². The number of benzene rings is 1. The van der Waals surface area contributed by atoms with Gasteiger partial charge in [-0.1, -0.05) is 13.3 Å². The SMILES string of the molecule is CCCC1(c2nc3ccc(OC)cc3s2)CCCNC1. The lowest BCUT2D eigenvalue weighted by atomic mass is 9.77. The number of piperidine rings is 1. The highest BCUT2D eigenvalue weighted by Gasteiger charge is 2.36. The molecule has 4 heteroatoms. The second-order valence-electron chi connectivity index (χ2n) is 5.66. The molecule has 2 aromatic rings. The zero-order chi connectivity index (χ0) is 14.0. The van der Waals surface area contributed by atoms with Crippen molar-refractivity contribution >= 4 is 21.6 Å². The van der Waals surface area contributed by atoms with Crippen LogP contribution in [-0.2, 0) is 5.41 Å². The fourth-order valence-electron chi connectivity index (χ4n) is 3.21. The zero-order valence-corrected chi connectivity index (χ0v) is 13.1. The first-order valence-corrected chi connectivity index (χ1v) is 8.25. The summed E-state index contributed by atoms with van der Waals surface area (Å²) in [5, 5.41) is 4.87. The highest BCUT2D eigenvalue weighted by atomic mass is 32.1. The van der Waals surface area contributed by atoms with Crippen LogP contribution in [0.15, 0.2) is 18.2 Å². The van der Waals surface area contributed by atoms with Gasteiger partial charge in [0.15, 0.2) is 0 Å². The molecule has 0 saturated carbocycles. The Morgan fingerprint density at radius 3 is 3.05 bits per heavy atom. The van der Waals surface area contributed by atoms with Gasteiger partial charge in [0.25, 0.3) is 0 Å². The Kier molecular flexibility index (Phi) is 3.94. The third kappa shape index (κ3) is 2.42. The first-order valence-electron chi connectivity index (χ1n) is 7.43. The highest BCUT2D eigenvalue weighted by Crippen LogP contribution is 2.40. The van der Waals surface area contributed by atoms with Gasteiger partial charge in [-0.05, 0) is 44.0 Å². The maximum absolute atomic E-state index is 5.32. The van der Waals surface area contributed by atoms with Crippen LogP contribution in [-0.4, -0.2) is 25.2 Å². The quantitative estimate of drug-likeness (QED) is 0.931. The van der Waals surface area contributed by atoms with Crippen molar-refractivity contribution in [2.75, 3.05) is 20.2 Å². The molecule has 3 nitrogen and oxygen atoms in total. The third-order valence-corrected chi connectivity index (χ3v) is 5.51. The summed E-state index contributed by atoms with van der Waals surface area (Å²) >= 11 is 1.84. The molecule has 0 spiro atoms. The molecular formula is C16H22N2OS. The molecule has 1 aromatic carbocycles. The van der Waals surface area contributed by atoms with Gasteiger partial charge in [0.2, 0.25) is 0 Å². The lowest BCUT2D eigenvalue weighted by Gasteiger charge is -2.35. The predicted molar refractivity (Wildman–Crippen MR) is 84.9 cm³/mol. The number of aromatic nitrogens is 1. The normalized spacial score (nSPS) is 23.1. The van der Waals surface area contributed by atoms with E-state index in [1.54, 1.807) is 7.11 Å². The van der Waals surface area contributed by atoms with E-state index in [1.807, 2.05) is 17.4 Å². The summed E-state index contributed by atoms with van der Waals surface area (Å²) in [6.07, 6.45) is 4.93. The van der Waals surface area contributed by atoms with Crippen molar-refractivity contribution in [3.8, 4) is 5.75 Å². The molecule has 1 saturated heterocycles. The molecule has 1 aliphatic rings. The molecule has 1 fully saturated rings. The number of nitrogens with one attached hydrogen (secondary N) is 1. The number of hydrogen-bond donors (Lipinski definition) is 1. The summed E-state index contributed by atoms with van der Waals surface area (Å²) in [6, 6.07) is 6.17. The van der Waals surface area contributed by atoms with E-state index in [0.717, 1.165) is 24.4 Å². The van der Waals surface area contributed by atoms with Crippen molar-refractivity contribution < 1.29 is 4.74 Å². The first-order chi connectivity index (χ1) is 9.77. The molecular weight excluding hydrogens is 268 g/mol. The summed E-state index contributed by atoms with van der Waals surface area (Å²) in [7, 11) is 1.72. The Morgan fingerprint density at radius 2 is 2.35 bits per heavy atom. The standard InChI is InChI=1S/C16H22N2OS/c1-3-7-16(8-4-9-17-11-16)15-18-13-6-5-12(19-2)10-14(13)20-15/h5-6,10,17H,3-4,7-9,11H2,1-2H3. The second-order valence-corrected chi connectivity index (χ2v) is 6.69. The van der Waals surface area contributed by atoms with Crippen LogP contribution in [0.5, 0.6) is 5.75 Å². The van der Waals surface area contributed by atoms with Crippen molar-refractivity contribution in [2.45, 2.75) is 38.0 Å². The number of fused-ring (bicyclic) bond motifs is 1. The maximum Gasteiger partial charge on any atom is 0.120 e. The molecule has 1 aliphatic heterocycles. The van der Waals surface area contributed by atoms with Crippen LogP contribution < -0.4 is 10.1 Å². The molecule has 1 N–H and O–H groups in total.